The molecule has 0 aliphatic heterocycles. The van der Waals surface area contributed by atoms with Crippen molar-refractivity contribution in [1.29, 1.82) is 0 Å². The molecular formula is C15H21NO3. The predicted octanol–water partition coefficient (Wildman–Crippen LogP) is 1.86. The van der Waals surface area contributed by atoms with Crippen molar-refractivity contribution >= 4 is 5.78 Å². The van der Waals surface area contributed by atoms with Gasteiger partial charge in [0.1, 0.15) is 17.4 Å². The third-order valence-corrected chi connectivity index (χ3v) is 3.89. The second-order valence-electron chi connectivity index (χ2n) is 5.31. The van der Waals surface area contributed by atoms with E-state index in [0.717, 1.165) is 12.0 Å². The third-order valence-electron chi connectivity index (χ3n) is 3.89. The summed E-state index contributed by atoms with van der Waals surface area (Å²) in [6, 6.07) is 7.44. The summed E-state index contributed by atoms with van der Waals surface area (Å²) in [4.78, 5) is 12.6. The number of methoxy groups -OCH3 is 2. The van der Waals surface area contributed by atoms with Gasteiger partial charge in [-0.05, 0) is 24.8 Å². The number of nitrogens with two attached hydrogens (primary N) is 1. The van der Waals surface area contributed by atoms with Crippen LogP contribution in [-0.4, -0.2) is 26.1 Å². The van der Waals surface area contributed by atoms with E-state index in [9.17, 15) is 4.79 Å². The first-order valence-corrected chi connectivity index (χ1v) is 6.52. The standard InChI is InChI=1S/C15H21NO3/c1-10-8-13(19-3)14(17)15(16,9-10)11-6-4-5-7-12(11)18-2/h4-7,10,13H,8-9,16H2,1-3H3/t10-,13+,15+/m1/s1. The zero-order valence-corrected chi connectivity index (χ0v) is 11.7. The molecule has 0 aromatic heterocycles. The van der Waals surface area contributed by atoms with E-state index in [1.807, 2.05) is 24.3 Å². The molecular weight excluding hydrogens is 242 g/mol. The SMILES string of the molecule is COc1ccccc1[C@@]1(N)C[C@H](C)C[C@H](OC)C1=O. The van der Waals surface area contributed by atoms with Crippen molar-refractivity contribution < 1.29 is 14.3 Å². The van der Waals surface area contributed by atoms with Crippen LogP contribution in [0.25, 0.3) is 0 Å². The maximum Gasteiger partial charge on any atom is 0.185 e. The number of ketones is 1. The summed E-state index contributed by atoms with van der Waals surface area (Å²) in [5, 5.41) is 0. The molecule has 3 atom stereocenters. The Hall–Kier alpha value is -1.39. The van der Waals surface area contributed by atoms with Crippen LogP contribution < -0.4 is 10.5 Å². The summed E-state index contributed by atoms with van der Waals surface area (Å²) in [6.07, 6.45) is 0.911. The van der Waals surface area contributed by atoms with Crippen LogP contribution in [0.1, 0.15) is 25.3 Å². The highest BCUT2D eigenvalue weighted by Gasteiger charge is 2.47. The Labute approximate surface area is 113 Å². The second-order valence-corrected chi connectivity index (χ2v) is 5.31. The molecule has 1 fully saturated rings. The average molecular weight is 263 g/mol. The Morgan fingerprint density at radius 1 is 1.32 bits per heavy atom. The zero-order chi connectivity index (χ0) is 14.0. The molecule has 0 radical (unpaired) electrons. The molecule has 0 saturated heterocycles. The van der Waals surface area contributed by atoms with Gasteiger partial charge >= 0.3 is 0 Å². The van der Waals surface area contributed by atoms with Gasteiger partial charge in [0.15, 0.2) is 5.78 Å². The molecule has 0 unspecified atom stereocenters. The van der Waals surface area contributed by atoms with Gasteiger partial charge in [0.2, 0.25) is 0 Å². The zero-order valence-electron chi connectivity index (χ0n) is 11.7. The molecule has 0 amide bonds. The van der Waals surface area contributed by atoms with Crippen molar-refractivity contribution in [2.75, 3.05) is 14.2 Å². The van der Waals surface area contributed by atoms with Crippen LogP contribution >= 0.6 is 0 Å². The highest BCUT2D eigenvalue weighted by atomic mass is 16.5. The molecule has 1 aromatic rings. The highest BCUT2D eigenvalue weighted by Crippen LogP contribution is 2.40. The lowest BCUT2D eigenvalue weighted by atomic mass is 9.70. The molecule has 1 aromatic carbocycles. The molecule has 4 nitrogen and oxygen atoms in total. The maximum atomic E-state index is 12.6. The van der Waals surface area contributed by atoms with Gasteiger partial charge in [-0.3, -0.25) is 4.79 Å². The average Bonchev–Trinajstić information content (AvgIpc) is 2.42. The van der Waals surface area contributed by atoms with E-state index in [4.69, 9.17) is 15.2 Å². The number of para-hydroxylation sites is 1. The van der Waals surface area contributed by atoms with Crippen LogP contribution in [0.15, 0.2) is 24.3 Å². The Bertz CT molecular complexity index is 474. The predicted molar refractivity (Wildman–Crippen MR) is 73.1 cm³/mol. The molecule has 104 valence electrons. The molecule has 0 bridgehead atoms. The number of hydrogen-bond acceptors (Lipinski definition) is 4. The number of carbonyl (C=O) groups excluding carboxylic acids is 1. The van der Waals surface area contributed by atoms with Crippen molar-refractivity contribution in [3.8, 4) is 5.75 Å². The fourth-order valence-corrected chi connectivity index (χ4v) is 2.95. The van der Waals surface area contributed by atoms with E-state index in [1.54, 1.807) is 14.2 Å². The Balaban J connectivity index is 2.47. The smallest absolute Gasteiger partial charge is 0.185 e. The molecule has 2 N–H and O–H groups in total. The normalized spacial score (nSPS) is 31.3. The van der Waals surface area contributed by atoms with Gasteiger partial charge in [-0.25, -0.2) is 0 Å². The quantitative estimate of drug-likeness (QED) is 0.904. The van der Waals surface area contributed by atoms with Crippen molar-refractivity contribution in [1.82, 2.24) is 0 Å². The van der Waals surface area contributed by atoms with Gasteiger partial charge in [0.05, 0.1) is 7.11 Å². The lowest BCUT2D eigenvalue weighted by Crippen LogP contribution is -2.55. The second kappa shape index (κ2) is 5.31. The largest absolute Gasteiger partial charge is 0.496 e. The van der Waals surface area contributed by atoms with Gasteiger partial charge in [-0.2, -0.15) is 0 Å². The summed E-state index contributed by atoms with van der Waals surface area (Å²) in [6.45, 7) is 2.09. The van der Waals surface area contributed by atoms with Crippen molar-refractivity contribution in [2.45, 2.75) is 31.4 Å². The first-order chi connectivity index (χ1) is 9.02. The molecule has 4 heteroatoms. The van der Waals surface area contributed by atoms with E-state index in [-0.39, 0.29) is 5.78 Å². The van der Waals surface area contributed by atoms with Crippen LogP contribution in [-0.2, 0) is 15.1 Å². The van der Waals surface area contributed by atoms with Gasteiger partial charge in [-0.1, -0.05) is 25.1 Å². The number of rotatable bonds is 3. The van der Waals surface area contributed by atoms with E-state index < -0.39 is 11.6 Å². The molecule has 1 saturated carbocycles. The minimum Gasteiger partial charge on any atom is -0.496 e. The molecule has 2 rings (SSSR count). The molecule has 0 heterocycles. The fraction of sp³-hybridized carbons (Fsp3) is 0.533. The van der Waals surface area contributed by atoms with E-state index >= 15 is 0 Å². The molecule has 1 aliphatic carbocycles. The van der Waals surface area contributed by atoms with Crippen LogP contribution in [0.2, 0.25) is 0 Å². The van der Waals surface area contributed by atoms with Crippen molar-refractivity contribution in [3.63, 3.8) is 0 Å². The number of benzene rings is 1. The molecule has 1 aliphatic rings. The van der Waals surface area contributed by atoms with Gasteiger partial charge in [0, 0.05) is 12.7 Å². The summed E-state index contributed by atoms with van der Waals surface area (Å²) >= 11 is 0. The molecule has 19 heavy (non-hydrogen) atoms. The van der Waals surface area contributed by atoms with Crippen LogP contribution in [0, 0.1) is 5.92 Å². The number of ether oxygens (including phenoxy) is 2. The first-order valence-electron chi connectivity index (χ1n) is 6.52. The van der Waals surface area contributed by atoms with E-state index in [0.29, 0.717) is 18.1 Å². The monoisotopic (exact) mass is 263 g/mol. The number of Topliss-reactive ketones (excluding diaryl/α,β-unsaturated/α-hetero) is 1. The van der Waals surface area contributed by atoms with Crippen molar-refractivity contribution in [2.24, 2.45) is 11.7 Å². The Morgan fingerprint density at radius 3 is 2.63 bits per heavy atom. The summed E-state index contributed by atoms with van der Waals surface area (Å²) in [5.74, 6) is 0.928. The highest BCUT2D eigenvalue weighted by molar-refractivity contribution is 5.94. The number of hydrogen-bond donors (Lipinski definition) is 1. The van der Waals surface area contributed by atoms with E-state index in [1.165, 1.54) is 0 Å². The fourth-order valence-electron chi connectivity index (χ4n) is 2.95. The number of carbonyl (C=O) groups is 1. The van der Waals surface area contributed by atoms with Gasteiger partial charge in [-0.15, -0.1) is 0 Å². The minimum absolute atomic E-state index is 0.0578. The van der Waals surface area contributed by atoms with E-state index in [2.05, 4.69) is 6.92 Å². The molecule has 0 spiro atoms. The first kappa shape index (κ1) is 14.0. The lowest BCUT2D eigenvalue weighted by Gasteiger charge is -2.39. The van der Waals surface area contributed by atoms with Gasteiger partial charge in [0.25, 0.3) is 0 Å². The summed E-state index contributed by atoms with van der Waals surface area (Å²) < 4.78 is 10.6. The minimum atomic E-state index is -1.02. The lowest BCUT2D eigenvalue weighted by molar-refractivity contribution is -0.140. The van der Waals surface area contributed by atoms with Crippen LogP contribution in [0.4, 0.5) is 0 Å². The van der Waals surface area contributed by atoms with Crippen LogP contribution in [0.5, 0.6) is 5.75 Å². The maximum absolute atomic E-state index is 12.6. The summed E-state index contributed by atoms with van der Waals surface area (Å²) in [5.41, 5.74) is 6.17. The third kappa shape index (κ3) is 2.38. The topological polar surface area (TPSA) is 61.6 Å². The Morgan fingerprint density at radius 2 is 2.00 bits per heavy atom. The van der Waals surface area contributed by atoms with Gasteiger partial charge < -0.3 is 15.2 Å². The van der Waals surface area contributed by atoms with Crippen molar-refractivity contribution in [3.05, 3.63) is 29.8 Å². The van der Waals surface area contributed by atoms with Crippen LogP contribution in [0.3, 0.4) is 0 Å². The summed E-state index contributed by atoms with van der Waals surface area (Å²) in [7, 11) is 3.15. The Kier molecular flexibility index (Phi) is 3.92.